The van der Waals surface area contributed by atoms with E-state index in [4.69, 9.17) is 0 Å². The van der Waals surface area contributed by atoms with Gasteiger partial charge in [0.1, 0.15) is 0 Å². The zero-order chi connectivity index (χ0) is 14.7. The Hall–Kier alpha value is -2.16. The molecule has 0 N–H and O–H groups in total. The van der Waals surface area contributed by atoms with Crippen LogP contribution in [0.25, 0.3) is 0 Å². The average molecular weight is 280 g/mol. The monoisotopic (exact) mass is 280 g/mol. The summed E-state index contributed by atoms with van der Waals surface area (Å²) in [6, 6.07) is 10.1. The Labute approximate surface area is 125 Å². The van der Waals surface area contributed by atoms with Crippen molar-refractivity contribution < 1.29 is 4.79 Å². The number of fused-ring (bicyclic) bond motifs is 1. The van der Waals surface area contributed by atoms with E-state index in [9.17, 15) is 4.79 Å². The molecule has 0 atom stereocenters. The van der Waals surface area contributed by atoms with Gasteiger partial charge in [0.15, 0.2) is 0 Å². The number of pyridine rings is 1. The van der Waals surface area contributed by atoms with Gasteiger partial charge in [-0.15, -0.1) is 0 Å². The molecule has 0 fully saturated rings. The highest BCUT2D eigenvalue weighted by molar-refractivity contribution is 5.94. The summed E-state index contributed by atoms with van der Waals surface area (Å²) in [5.74, 6) is 0.110. The molecule has 108 valence electrons. The number of carbonyl (C=O) groups excluding carboxylic acids is 1. The molecule has 1 aliphatic rings. The molecule has 1 aromatic carbocycles. The third-order valence-corrected chi connectivity index (χ3v) is 4.18. The van der Waals surface area contributed by atoms with Crippen molar-refractivity contribution >= 4 is 5.91 Å². The largest absolute Gasteiger partial charge is 0.341 e. The standard InChI is InChI=1S/C18H20N2O/c1-20(12-9-14-7-10-19-11-8-14)18(21)17-6-5-15-3-2-4-16(15)13-17/h5-8,10-11,13H,2-4,9,12H2,1H3. The van der Waals surface area contributed by atoms with Crippen LogP contribution >= 0.6 is 0 Å². The van der Waals surface area contributed by atoms with E-state index in [2.05, 4.69) is 17.1 Å². The van der Waals surface area contributed by atoms with Crippen molar-refractivity contribution in [3.63, 3.8) is 0 Å². The minimum absolute atomic E-state index is 0.110. The average Bonchev–Trinajstić information content (AvgIpc) is 3.00. The lowest BCUT2D eigenvalue weighted by Gasteiger charge is -2.17. The van der Waals surface area contributed by atoms with Gasteiger partial charge in [-0.25, -0.2) is 0 Å². The van der Waals surface area contributed by atoms with Crippen molar-refractivity contribution in [2.75, 3.05) is 13.6 Å². The van der Waals surface area contributed by atoms with Crippen LogP contribution in [-0.4, -0.2) is 29.4 Å². The van der Waals surface area contributed by atoms with Crippen LogP contribution in [0.5, 0.6) is 0 Å². The van der Waals surface area contributed by atoms with E-state index in [0.717, 1.165) is 31.4 Å². The van der Waals surface area contributed by atoms with Crippen LogP contribution in [0.15, 0.2) is 42.7 Å². The van der Waals surface area contributed by atoms with Crippen molar-refractivity contribution in [3.05, 3.63) is 65.0 Å². The molecule has 0 aliphatic heterocycles. The number of carbonyl (C=O) groups is 1. The molecule has 3 heteroatoms. The lowest BCUT2D eigenvalue weighted by Crippen LogP contribution is -2.28. The van der Waals surface area contributed by atoms with E-state index < -0.39 is 0 Å². The highest BCUT2D eigenvalue weighted by atomic mass is 16.2. The molecule has 1 aliphatic carbocycles. The van der Waals surface area contributed by atoms with Gasteiger partial charge in [0.25, 0.3) is 5.91 Å². The summed E-state index contributed by atoms with van der Waals surface area (Å²) in [5.41, 5.74) is 4.78. The third kappa shape index (κ3) is 3.13. The first-order valence-corrected chi connectivity index (χ1v) is 7.50. The van der Waals surface area contributed by atoms with Crippen LogP contribution in [0.2, 0.25) is 0 Å². The van der Waals surface area contributed by atoms with Gasteiger partial charge >= 0.3 is 0 Å². The predicted octanol–water partition coefficient (Wildman–Crippen LogP) is 2.89. The van der Waals surface area contributed by atoms with Gasteiger partial charge in [-0.05, 0) is 66.6 Å². The molecular formula is C18H20N2O. The summed E-state index contributed by atoms with van der Waals surface area (Å²) in [7, 11) is 1.87. The molecule has 1 aromatic heterocycles. The highest BCUT2D eigenvalue weighted by Crippen LogP contribution is 2.23. The van der Waals surface area contributed by atoms with Gasteiger partial charge in [0, 0.05) is 31.5 Å². The quantitative estimate of drug-likeness (QED) is 0.863. The van der Waals surface area contributed by atoms with Crippen molar-refractivity contribution in [1.29, 1.82) is 0 Å². The van der Waals surface area contributed by atoms with E-state index in [0.29, 0.717) is 0 Å². The summed E-state index contributed by atoms with van der Waals surface area (Å²) < 4.78 is 0. The molecule has 2 aromatic rings. The van der Waals surface area contributed by atoms with Gasteiger partial charge < -0.3 is 4.90 Å². The molecular weight excluding hydrogens is 260 g/mol. The molecule has 3 nitrogen and oxygen atoms in total. The molecule has 1 amide bonds. The zero-order valence-corrected chi connectivity index (χ0v) is 12.4. The Kier molecular flexibility index (Phi) is 4.00. The Balaban J connectivity index is 1.64. The second kappa shape index (κ2) is 6.08. The first-order chi connectivity index (χ1) is 10.2. The third-order valence-electron chi connectivity index (χ3n) is 4.18. The smallest absolute Gasteiger partial charge is 0.253 e. The van der Waals surface area contributed by atoms with E-state index in [-0.39, 0.29) is 5.91 Å². The molecule has 0 saturated heterocycles. The van der Waals surface area contributed by atoms with Crippen LogP contribution in [-0.2, 0) is 19.3 Å². The minimum atomic E-state index is 0.110. The summed E-state index contributed by atoms with van der Waals surface area (Å²) in [5, 5.41) is 0. The number of amides is 1. The summed E-state index contributed by atoms with van der Waals surface area (Å²) in [6.07, 6.45) is 7.91. The molecule has 0 radical (unpaired) electrons. The summed E-state index contributed by atoms with van der Waals surface area (Å²) in [6.45, 7) is 0.722. The molecule has 3 rings (SSSR count). The number of aromatic nitrogens is 1. The first-order valence-electron chi connectivity index (χ1n) is 7.50. The summed E-state index contributed by atoms with van der Waals surface area (Å²) >= 11 is 0. The van der Waals surface area contributed by atoms with Crippen molar-refractivity contribution in [1.82, 2.24) is 9.88 Å². The lowest BCUT2D eigenvalue weighted by atomic mass is 10.1. The van der Waals surface area contributed by atoms with Gasteiger partial charge in [0.05, 0.1) is 0 Å². The fraction of sp³-hybridized carbons (Fsp3) is 0.333. The van der Waals surface area contributed by atoms with E-state index in [1.807, 2.05) is 25.2 Å². The Morgan fingerprint density at radius 2 is 1.90 bits per heavy atom. The number of rotatable bonds is 4. The fourth-order valence-electron chi connectivity index (χ4n) is 2.87. The summed E-state index contributed by atoms with van der Waals surface area (Å²) in [4.78, 5) is 18.3. The van der Waals surface area contributed by atoms with E-state index >= 15 is 0 Å². The van der Waals surface area contributed by atoms with E-state index in [1.54, 1.807) is 17.3 Å². The molecule has 21 heavy (non-hydrogen) atoms. The van der Waals surface area contributed by atoms with Crippen molar-refractivity contribution in [2.24, 2.45) is 0 Å². The number of hydrogen-bond acceptors (Lipinski definition) is 2. The Bertz CT molecular complexity index is 637. The van der Waals surface area contributed by atoms with Gasteiger partial charge in [-0.2, -0.15) is 0 Å². The number of likely N-dealkylation sites (N-methyl/N-ethyl adjacent to an activating group) is 1. The maximum absolute atomic E-state index is 12.5. The van der Waals surface area contributed by atoms with Crippen LogP contribution in [0.3, 0.4) is 0 Å². The van der Waals surface area contributed by atoms with E-state index in [1.165, 1.54) is 23.1 Å². The van der Waals surface area contributed by atoms with Crippen LogP contribution in [0.4, 0.5) is 0 Å². The molecule has 0 bridgehead atoms. The van der Waals surface area contributed by atoms with Crippen LogP contribution in [0, 0.1) is 0 Å². The minimum Gasteiger partial charge on any atom is -0.341 e. The van der Waals surface area contributed by atoms with Crippen molar-refractivity contribution in [2.45, 2.75) is 25.7 Å². The second-order valence-electron chi connectivity index (χ2n) is 5.67. The Morgan fingerprint density at radius 1 is 1.14 bits per heavy atom. The SMILES string of the molecule is CN(CCc1ccncc1)C(=O)c1ccc2c(c1)CCC2. The Morgan fingerprint density at radius 3 is 2.71 bits per heavy atom. The van der Waals surface area contributed by atoms with Gasteiger partial charge in [-0.3, -0.25) is 9.78 Å². The molecule has 0 unspecified atom stereocenters. The maximum atomic E-state index is 12.5. The zero-order valence-electron chi connectivity index (χ0n) is 12.4. The van der Waals surface area contributed by atoms with Gasteiger partial charge in [0.2, 0.25) is 0 Å². The predicted molar refractivity (Wildman–Crippen MR) is 83.4 cm³/mol. The molecule has 0 saturated carbocycles. The second-order valence-corrected chi connectivity index (χ2v) is 5.67. The van der Waals surface area contributed by atoms with Crippen LogP contribution in [0.1, 0.15) is 33.5 Å². The highest BCUT2D eigenvalue weighted by Gasteiger charge is 2.16. The first kappa shape index (κ1) is 13.8. The molecule has 0 spiro atoms. The van der Waals surface area contributed by atoms with Crippen molar-refractivity contribution in [3.8, 4) is 0 Å². The normalized spacial score (nSPS) is 13.0. The number of nitrogens with zero attached hydrogens (tertiary/aromatic N) is 2. The number of hydrogen-bond donors (Lipinski definition) is 0. The number of aryl methyl sites for hydroxylation is 2. The maximum Gasteiger partial charge on any atom is 0.253 e. The number of benzene rings is 1. The van der Waals surface area contributed by atoms with Gasteiger partial charge in [-0.1, -0.05) is 6.07 Å². The fourth-order valence-corrected chi connectivity index (χ4v) is 2.87. The lowest BCUT2D eigenvalue weighted by molar-refractivity contribution is 0.0796. The topological polar surface area (TPSA) is 33.2 Å². The van der Waals surface area contributed by atoms with Crippen LogP contribution < -0.4 is 0 Å². The molecule has 1 heterocycles.